The summed E-state index contributed by atoms with van der Waals surface area (Å²) >= 11 is 3.35. The lowest BCUT2D eigenvalue weighted by Gasteiger charge is -2.29. The van der Waals surface area contributed by atoms with Gasteiger partial charge in [-0.3, -0.25) is 9.69 Å². The average molecular weight is 326 g/mol. The molecule has 0 spiro atoms. The molecule has 2 rings (SSSR count). The van der Waals surface area contributed by atoms with Crippen LogP contribution in [0.2, 0.25) is 0 Å². The Hall–Kier alpha value is -0.940. The third-order valence-corrected chi connectivity index (χ3v) is 4.20. The number of halogens is 1. The van der Waals surface area contributed by atoms with Gasteiger partial charge >= 0.3 is 0 Å². The first-order valence-corrected chi connectivity index (χ1v) is 7.42. The van der Waals surface area contributed by atoms with Crippen LogP contribution < -0.4 is 4.90 Å². The van der Waals surface area contributed by atoms with E-state index in [-0.39, 0.29) is 5.91 Å². The van der Waals surface area contributed by atoms with Crippen LogP contribution in [-0.4, -0.2) is 43.0 Å². The molecular formula is C14H20BrN3O. The highest BCUT2D eigenvalue weighted by molar-refractivity contribution is 9.10. The zero-order valence-electron chi connectivity index (χ0n) is 11.5. The number of carbonyl (C=O) groups excluding carboxylic acids is 1. The van der Waals surface area contributed by atoms with Gasteiger partial charge in [0.2, 0.25) is 5.91 Å². The molecule has 0 unspecified atom stereocenters. The van der Waals surface area contributed by atoms with Crippen LogP contribution in [0, 0.1) is 5.92 Å². The summed E-state index contributed by atoms with van der Waals surface area (Å²) in [5, 5.41) is 0. The molecule has 104 valence electrons. The number of likely N-dealkylation sites (tertiary alicyclic amines) is 1. The van der Waals surface area contributed by atoms with E-state index in [9.17, 15) is 4.79 Å². The van der Waals surface area contributed by atoms with Crippen LogP contribution in [0.15, 0.2) is 22.8 Å². The van der Waals surface area contributed by atoms with E-state index in [1.807, 2.05) is 12.1 Å². The Kier molecular flexibility index (Phi) is 4.93. The topological polar surface area (TPSA) is 36.4 Å². The zero-order valence-corrected chi connectivity index (χ0v) is 13.1. The molecule has 1 fully saturated rings. The molecule has 0 N–H and O–H groups in total. The molecular weight excluding hydrogens is 306 g/mol. The van der Waals surface area contributed by atoms with Gasteiger partial charge in [0.05, 0.1) is 0 Å². The Morgan fingerprint density at radius 1 is 1.47 bits per heavy atom. The molecule has 1 aromatic heterocycles. The Labute approximate surface area is 122 Å². The van der Waals surface area contributed by atoms with Crippen LogP contribution in [0.3, 0.4) is 0 Å². The lowest BCUT2D eigenvalue weighted by atomic mass is 9.93. The monoisotopic (exact) mass is 325 g/mol. The SMILES string of the molecule is CN1CCC(CC(=O)N(C)c2ccc(Br)cn2)CC1. The molecule has 1 aromatic rings. The van der Waals surface area contributed by atoms with E-state index in [0.29, 0.717) is 18.2 Å². The van der Waals surface area contributed by atoms with Crippen molar-refractivity contribution in [2.75, 3.05) is 32.1 Å². The van der Waals surface area contributed by atoms with E-state index in [0.717, 1.165) is 30.4 Å². The third-order valence-electron chi connectivity index (χ3n) is 3.73. The van der Waals surface area contributed by atoms with E-state index in [1.54, 1.807) is 18.1 Å². The number of aromatic nitrogens is 1. The number of carbonyl (C=O) groups is 1. The first-order chi connectivity index (χ1) is 9.06. The number of rotatable bonds is 3. The van der Waals surface area contributed by atoms with Crippen LogP contribution in [-0.2, 0) is 4.79 Å². The highest BCUT2D eigenvalue weighted by Gasteiger charge is 2.22. The minimum atomic E-state index is 0.157. The maximum absolute atomic E-state index is 12.2. The molecule has 0 saturated carbocycles. The molecule has 1 amide bonds. The second-order valence-corrected chi connectivity index (χ2v) is 6.15. The van der Waals surface area contributed by atoms with Crippen molar-refractivity contribution >= 4 is 27.7 Å². The largest absolute Gasteiger partial charge is 0.306 e. The van der Waals surface area contributed by atoms with E-state index < -0.39 is 0 Å². The van der Waals surface area contributed by atoms with Crippen molar-refractivity contribution in [3.05, 3.63) is 22.8 Å². The molecule has 0 aromatic carbocycles. The molecule has 5 heteroatoms. The normalized spacial score (nSPS) is 17.4. The van der Waals surface area contributed by atoms with Gasteiger partial charge in [-0.15, -0.1) is 0 Å². The molecule has 1 aliphatic rings. The Balaban J connectivity index is 1.90. The number of pyridine rings is 1. The summed E-state index contributed by atoms with van der Waals surface area (Å²) in [5.74, 6) is 1.38. The summed E-state index contributed by atoms with van der Waals surface area (Å²) in [6.07, 6.45) is 4.57. The minimum Gasteiger partial charge on any atom is -0.306 e. The lowest BCUT2D eigenvalue weighted by molar-refractivity contribution is -0.119. The van der Waals surface area contributed by atoms with Gasteiger partial charge in [0.1, 0.15) is 5.82 Å². The number of nitrogens with zero attached hydrogens (tertiary/aromatic N) is 3. The van der Waals surface area contributed by atoms with E-state index in [1.165, 1.54) is 0 Å². The second-order valence-electron chi connectivity index (χ2n) is 5.24. The van der Waals surface area contributed by atoms with Crippen molar-refractivity contribution in [2.24, 2.45) is 5.92 Å². The number of piperidine rings is 1. The van der Waals surface area contributed by atoms with Gasteiger partial charge in [-0.25, -0.2) is 4.98 Å². The average Bonchev–Trinajstić information content (AvgIpc) is 2.41. The van der Waals surface area contributed by atoms with Gasteiger partial charge in [0.25, 0.3) is 0 Å². The smallest absolute Gasteiger partial charge is 0.228 e. The molecule has 0 aliphatic carbocycles. The van der Waals surface area contributed by atoms with Crippen LogP contribution >= 0.6 is 15.9 Å². The van der Waals surface area contributed by atoms with Gasteiger partial charge in [-0.2, -0.15) is 0 Å². The predicted molar refractivity (Wildman–Crippen MR) is 80.2 cm³/mol. The van der Waals surface area contributed by atoms with Gasteiger partial charge < -0.3 is 4.90 Å². The van der Waals surface area contributed by atoms with Crippen LogP contribution in [0.25, 0.3) is 0 Å². The fraction of sp³-hybridized carbons (Fsp3) is 0.571. The lowest BCUT2D eigenvalue weighted by Crippen LogP contribution is -2.34. The number of anilines is 1. The second kappa shape index (κ2) is 6.48. The first-order valence-electron chi connectivity index (χ1n) is 6.63. The van der Waals surface area contributed by atoms with Gasteiger partial charge in [-0.1, -0.05) is 0 Å². The summed E-state index contributed by atoms with van der Waals surface area (Å²) in [6.45, 7) is 2.19. The fourth-order valence-electron chi connectivity index (χ4n) is 2.34. The van der Waals surface area contributed by atoms with Crippen LogP contribution in [0.5, 0.6) is 0 Å². The summed E-state index contributed by atoms with van der Waals surface area (Å²) in [6, 6.07) is 3.76. The standard InChI is InChI=1S/C14H20BrN3O/c1-17-7-5-11(6-8-17)9-14(19)18(2)13-4-3-12(15)10-16-13/h3-4,10-11H,5-9H2,1-2H3. The molecule has 1 saturated heterocycles. The predicted octanol–water partition coefficient (Wildman–Crippen LogP) is 2.54. The van der Waals surface area contributed by atoms with E-state index in [2.05, 4.69) is 32.9 Å². The number of hydrogen-bond donors (Lipinski definition) is 0. The fourth-order valence-corrected chi connectivity index (χ4v) is 2.58. The van der Waals surface area contributed by atoms with Gasteiger partial charge in [0, 0.05) is 24.1 Å². The molecule has 1 aliphatic heterocycles. The van der Waals surface area contributed by atoms with Crippen molar-refractivity contribution in [3.8, 4) is 0 Å². The summed E-state index contributed by atoms with van der Waals surface area (Å²) in [7, 11) is 3.93. The van der Waals surface area contributed by atoms with Crippen molar-refractivity contribution < 1.29 is 4.79 Å². The Morgan fingerprint density at radius 3 is 2.74 bits per heavy atom. The molecule has 4 nitrogen and oxygen atoms in total. The van der Waals surface area contributed by atoms with Gasteiger partial charge in [0.15, 0.2) is 0 Å². The Morgan fingerprint density at radius 2 is 2.16 bits per heavy atom. The third kappa shape index (κ3) is 4.01. The minimum absolute atomic E-state index is 0.157. The van der Waals surface area contributed by atoms with Crippen molar-refractivity contribution in [1.82, 2.24) is 9.88 Å². The van der Waals surface area contributed by atoms with Crippen LogP contribution in [0.1, 0.15) is 19.3 Å². The maximum Gasteiger partial charge on any atom is 0.228 e. The first kappa shape index (κ1) is 14.5. The molecule has 2 heterocycles. The summed E-state index contributed by atoms with van der Waals surface area (Å²) in [5.41, 5.74) is 0. The molecule has 19 heavy (non-hydrogen) atoms. The number of hydrogen-bond acceptors (Lipinski definition) is 3. The van der Waals surface area contributed by atoms with Gasteiger partial charge in [-0.05, 0) is 67.0 Å². The summed E-state index contributed by atoms with van der Waals surface area (Å²) in [4.78, 5) is 20.5. The summed E-state index contributed by atoms with van der Waals surface area (Å²) < 4.78 is 0.924. The van der Waals surface area contributed by atoms with Crippen LogP contribution in [0.4, 0.5) is 5.82 Å². The molecule has 0 bridgehead atoms. The van der Waals surface area contributed by atoms with E-state index in [4.69, 9.17) is 0 Å². The highest BCUT2D eigenvalue weighted by atomic mass is 79.9. The van der Waals surface area contributed by atoms with Crippen molar-refractivity contribution in [3.63, 3.8) is 0 Å². The van der Waals surface area contributed by atoms with Crippen molar-refractivity contribution in [2.45, 2.75) is 19.3 Å². The van der Waals surface area contributed by atoms with Crippen molar-refractivity contribution in [1.29, 1.82) is 0 Å². The highest BCUT2D eigenvalue weighted by Crippen LogP contribution is 2.22. The Bertz CT molecular complexity index is 427. The van der Waals surface area contributed by atoms with E-state index >= 15 is 0 Å². The number of amides is 1. The molecule has 0 radical (unpaired) electrons. The zero-order chi connectivity index (χ0) is 13.8. The molecule has 0 atom stereocenters. The maximum atomic E-state index is 12.2. The quantitative estimate of drug-likeness (QED) is 0.856.